The van der Waals surface area contributed by atoms with Crippen molar-refractivity contribution in [3.8, 4) is 0 Å². The minimum Gasteiger partial charge on any atom is -0.320 e. The number of carbonyl (C=O) groups excluding carboxylic acids is 1. The van der Waals surface area contributed by atoms with Gasteiger partial charge in [0.05, 0.1) is 11.7 Å². The van der Waals surface area contributed by atoms with Crippen LogP contribution in [0.5, 0.6) is 0 Å². The fraction of sp³-hybridized carbons (Fsp3) is 0.267. The van der Waals surface area contributed by atoms with E-state index in [0.717, 1.165) is 21.7 Å². The number of rotatable bonds is 2. The molecule has 6 heteroatoms. The molecule has 0 spiro atoms. The maximum absolute atomic E-state index is 13.4. The van der Waals surface area contributed by atoms with Crippen LogP contribution in [0.3, 0.4) is 0 Å². The molecule has 0 aliphatic carbocycles. The van der Waals surface area contributed by atoms with Crippen molar-refractivity contribution in [2.75, 3.05) is 11.9 Å². The Bertz CT molecular complexity index is 716. The molecule has 0 fully saturated rings. The average molecular weight is 325 g/mol. The molecule has 1 atom stereocenters. The molecule has 1 aromatic carbocycles. The van der Waals surface area contributed by atoms with Crippen LogP contribution in [0, 0.1) is 5.82 Å². The third kappa shape index (κ3) is 2.57. The van der Waals surface area contributed by atoms with Crippen molar-refractivity contribution in [2.24, 2.45) is 5.73 Å². The number of halogens is 2. The molecule has 0 saturated heterocycles. The summed E-state index contributed by atoms with van der Waals surface area (Å²) < 4.78 is 13.4. The monoisotopic (exact) mass is 324 g/mol. The minimum atomic E-state index is -0.484. The topological polar surface area (TPSA) is 46.3 Å². The van der Waals surface area contributed by atoms with E-state index in [2.05, 4.69) is 0 Å². The van der Waals surface area contributed by atoms with Crippen LogP contribution in [0.15, 0.2) is 23.6 Å². The Morgan fingerprint density at radius 2 is 2.29 bits per heavy atom. The van der Waals surface area contributed by atoms with Crippen LogP contribution in [0.2, 0.25) is 5.02 Å². The first-order valence-electron chi connectivity index (χ1n) is 6.53. The smallest absolute Gasteiger partial charge is 0.244 e. The predicted molar refractivity (Wildman–Crippen MR) is 83.6 cm³/mol. The van der Waals surface area contributed by atoms with Crippen LogP contribution in [0.4, 0.5) is 10.1 Å². The Kier molecular flexibility index (Phi) is 3.73. The highest BCUT2D eigenvalue weighted by atomic mass is 35.5. The number of benzene rings is 1. The minimum absolute atomic E-state index is 0.0903. The van der Waals surface area contributed by atoms with Crippen LogP contribution in [-0.4, -0.2) is 19.0 Å². The molecular formula is C15H14ClFN2OS. The van der Waals surface area contributed by atoms with E-state index in [4.69, 9.17) is 17.3 Å². The van der Waals surface area contributed by atoms with Gasteiger partial charge in [0.2, 0.25) is 5.91 Å². The summed E-state index contributed by atoms with van der Waals surface area (Å²) in [5, 5.41) is 2.54. The molecule has 3 rings (SSSR count). The van der Waals surface area contributed by atoms with Crippen LogP contribution in [-0.2, 0) is 17.6 Å². The second kappa shape index (κ2) is 5.40. The molecule has 2 N–H and O–H groups in total. The first kappa shape index (κ1) is 14.5. The van der Waals surface area contributed by atoms with E-state index < -0.39 is 6.04 Å². The van der Waals surface area contributed by atoms with E-state index >= 15 is 0 Å². The van der Waals surface area contributed by atoms with Crippen molar-refractivity contribution >= 4 is 34.5 Å². The number of hydrogen-bond donors (Lipinski definition) is 1. The van der Waals surface area contributed by atoms with E-state index in [-0.39, 0.29) is 11.7 Å². The SMILES string of the molecule is CN1C(=O)[C@H](N)Cc2csc(Cc3cc(F)ccc3Cl)c21. The molecule has 0 bridgehead atoms. The summed E-state index contributed by atoms with van der Waals surface area (Å²) in [6.07, 6.45) is 1.05. The van der Waals surface area contributed by atoms with Crippen LogP contribution in [0.1, 0.15) is 16.0 Å². The number of carbonyl (C=O) groups is 1. The number of anilines is 1. The van der Waals surface area contributed by atoms with Crippen molar-refractivity contribution in [3.63, 3.8) is 0 Å². The van der Waals surface area contributed by atoms with Gasteiger partial charge in [-0.25, -0.2) is 4.39 Å². The molecule has 2 heterocycles. The highest BCUT2D eigenvalue weighted by Crippen LogP contribution is 2.37. The average Bonchev–Trinajstić information content (AvgIpc) is 2.83. The Labute approximate surface area is 131 Å². The normalized spacial score (nSPS) is 18.0. The fourth-order valence-corrected chi connectivity index (χ4v) is 3.94. The van der Waals surface area contributed by atoms with Gasteiger partial charge >= 0.3 is 0 Å². The highest BCUT2D eigenvalue weighted by Gasteiger charge is 2.31. The Balaban J connectivity index is 1.99. The Morgan fingerprint density at radius 1 is 1.52 bits per heavy atom. The van der Waals surface area contributed by atoms with E-state index in [1.807, 2.05) is 5.38 Å². The van der Waals surface area contributed by atoms with Gasteiger partial charge in [0.15, 0.2) is 0 Å². The molecule has 1 aliphatic heterocycles. The number of nitrogens with two attached hydrogens (primary N) is 1. The third-order valence-corrected chi connectivity index (χ3v) is 5.09. The summed E-state index contributed by atoms with van der Waals surface area (Å²) in [7, 11) is 1.73. The lowest BCUT2D eigenvalue weighted by molar-refractivity contribution is -0.119. The van der Waals surface area contributed by atoms with Crippen LogP contribution < -0.4 is 10.6 Å². The van der Waals surface area contributed by atoms with E-state index in [1.165, 1.54) is 12.1 Å². The maximum Gasteiger partial charge on any atom is 0.244 e. The van der Waals surface area contributed by atoms with Gasteiger partial charge in [-0.3, -0.25) is 4.79 Å². The first-order valence-corrected chi connectivity index (χ1v) is 7.79. The molecule has 1 aliphatic rings. The summed E-state index contributed by atoms with van der Waals surface area (Å²) in [5.41, 5.74) is 8.51. The second-order valence-corrected chi connectivity index (χ2v) is 6.52. The van der Waals surface area contributed by atoms with Crippen molar-refractivity contribution < 1.29 is 9.18 Å². The van der Waals surface area contributed by atoms with Crippen molar-refractivity contribution in [3.05, 3.63) is 50.4 Å². The molecule has 21 heavy (non-hydrogen) atoms. The maximum atomic E-state index is 13.4. The lowest BCUT2D eigenvalue weighted by Gasteiger charge is -2.28. The number of hydrogen-bond acceptors (Lipinski definition) is 3. The van der Waals surface area contributed by atoms with Crippen molar-refractivity contribution in [1.82, 2.24) is 0 Å². The van der Waals surface area contributed by atoms with Crippen LogP contribution >= 0.6 is 22.9 Å². The van der Waals surface area contributed by atoms with Crippen LogP contribution in [0.25, 0.3) is 0 Å². The second-order valence-electron chi connectivity index (χ2n) is 5.15. The fourth-order valence-electron chi connectivity index (χ4n) is 2.64. The number of thiophene rings is 1. The van der Waals surface area contributed by atoms with Gasteiger partial charge in [0.1, 0.15) is 5.82 Å². The van der Waals surface area contributed by atoms with Gasteiger partial charge in [-0.2, -0.15) is 0 Å². The molecule has 0 radical (unpaired) electrons. The van der Waals surface area contributed by atoms with Gasteiger partial charge in [-0.05, 0) is 41.1 Å². The molecule has 0 saturated carbocycles. The molecule has 3 nitrogen and oxygen atoms in total. The Hall–Kier alpha value is -1.43. The van der Waals surface area contributed by atoms with Gasteiger partial charge in [0, 0.05) is 23.4 Å². The van der Waals surface area contributed by atoms with E-state index in [0.29, 0.717) is 17.9 Å². The summed E-state index contributed by atoms with van der Waals surface area (Å²) in [5.74, 6) is -0.404. The van der Waals surface area contributed by atoms with Gasteiger partial charge < -0.3 is 10.6 Å². The number of likely N-dealkylation sites (N-methyl/N-ethyl adjacent to an activating group) is 1. The lowest BCUT2D eigenvalue weighted by atomic mass is 9.99. The number of fused-ring (bicyclic) bond motifs is 1. The Morgan fingerprint density at radius 3 is 3.05 bits per heavy atom. The molecule has 110 valence electrons. The van der Waals surface area contributed by atoms with E-state index in [9.17, 15) is 9.18 Å². The molecule has 1 aromatic heterocycles. The zero-order valence-corrected chi connectivity index (χ0v) is 13.0. The summed E-state index contributed by atoms with van der Waals surface area (Å²) >= 11 is 7.67. The summed E-state index contributed by atoms with van der Waals surface area (Å²) in [6, 6.07) is 3.84. The molecule has 2 aromatic rings. The number of amides is 1. The van der Waals surface area contributed by atoms with Gasteiger partial charge in [0.25, 0.3) is 0 Å². The molecule has 0 unspecified atom stereocenters. The lowest BCUT2D eigenvalue weighted by Crippen LogP contribution is -2.46. The zero-order valence-electron chi connectivity index (χ0n) is 11.4. The van der Waals surface area contributed by atoms with Crippen molar-refractivity contribution in [1.29, 1.82) is 0 Å². The molecule has 1 amide bonds. The molecular weight excluding hydrogens is 311 g/mol. The van der Waals surface area contributed by atoms with Crippen molar-refractivity contribution in [2.45, 2.75) is 18.9 Å². The van der Waals surface area contributed by atoms with E-state index in [1.54, 1.807) is 29.4 Å². The van der Waals surface area contributed by atoms with Gasteiger partial charge in [-0.1, -0.05) is 11.6 Å². The zero-order chi connectivity index (χ0) is 15.1. The summed E-state index contributed by atoms with van der Waals surface area (Å²) in [4.78, 5) is 14.6. The standard InChI is InChI=1S/C15H14ClFN2OS/c1-19-14-9(5-12(18)15(19)20)7-21-13(14)6-8-4-10(17)2-3-11(8)16/h2-4,7,12H,5-6,18H2,1H3/t12-/m1/s1. The van der Waals surface area contributed by atoms with Gasteiger partial charge in [-0.15, -0.1) is 11.3 Å². The largest absolute Gasteiger partial charge is 0.320 e. The highest BCUT2D eigenvalue weighted by molar-refractivity contribution is 7.10. The summed E-state index contributed by atoms with van der Waals surface area (Å²) in [6.45, 7) is 0. The quantitative estimate of drug-likeness (QED) is 0.923. The first-order chi connectivity index (χ1) is 9.97. The third-order valence-electron chi connectivity index (χ3n) is 3.69. The number of nitrogens with zero attached hydrogens (tertiary/aromatic N) is 1. The predicted octanol–water partition coefficient (Wildman–Crippen LogP) is 2.98.